The molecule has 1 fully saturated rings. The lowest BCUT2D eigenvalue weighted by Gasteiger charge is -2.19. The van der Waals surface area contributed by atoms with Gasteiger partial charge in [-0.15, -0.1) is 11.3 Å². The summed E-state index contributed by atoms with van der Waals surface area (Å²) in [7, 11) is 1.83. The summed E-state index contributed by atoms with van der Waals surface area (Å²) in [6.07, 6.45) is 3.43. The number of guanidine groups is 1. The molecular weight excluding hydrogens is 316 g/mol. The number of nitrogens with one attached hydrogen (secondary N) is 2. The van der Waals surface area contributed by atoms with Crippen LogP contribution in [0, 0.1) is 13.8 Å². The third kappa shape index (κ3) is 3.96. The minimum atomic E-state index is 0.294. The van der Waals surface area contributed by atoms with Gasteiger partial charge in [0, 0.05) is 36.9 Å². The van der Waals surface area contributed by atoms with E-state index in [1.54, 1.807) is 11.3 Å². The van der Waals surface area contributed by atoms with E-state index in [0.29, 0.717) is 5.41 Å². The topological polar surface area (TPSA) is 49.3 Å². The standard InChI is InChI=1S/C19H26N4S/c1-14-15(2)24-17(23-14)9-12-21-18(20-3)22-13-19(10-11-19)16-7-5-4-6-8-16/h4-8H,9-13H2,1-3H3,(H2,20,21,22). The van der Waals surface area contributed by atoms with Crippen LogP contribution in [0.25, 0.3) is 0 Å². The Hall–Kier alpha value is -1.88. The lowest BCUT2D eigenvalue weighted by molar-refractivity contribution is 0.645. The molecule has 1 aromatic carbocycles. The molecule has 0 spiro atoms. The molecule has 0 amide bonds. The van der Waals surface area contributed by atoms with Crippen LogP contribution in [-0.4, -0.2) is 31.1 Å². The molecule has 0 saturated heterocycles. The highest BCUT2D eigenvalue weighted by atomic mass is 32.1. The minimum absolute atomic E-state index is 0.294. The molecule has 0 unspecified atom stereocenters. The predicted octanol–water partition coefficient (Wildman–Crippen LogP) is 3.20. The second kappa shape index (κ2) is 7.34. The van der Waals surface area contributed by atoms with Crippen molar-refractivity contribution in [2.24, 2.45) is 4.99 Å². The normalized spacial score (nSPS) is 16.0. The number of aromatic nitrogens is 1. The lowest BCUT2D eigenvalue weighted by atomic mass is 9.96. The van der Waals surface area contributed by atoms with Gasteiger partial charge in [0.15, 0.2) is 5.96 Å². The zero-order valence-electron chi connectivity index (χ0n) is 14.7. The van der Waals surface area contributed by atoms with Crippen molar-refractivity contribution in [3.05, 3.63) is 51.5 Å². The van der Waals surface area contributed by atoms with Crippen LogP contribution in [0.3, 0.4) is 0 Å². The third-order valence-electron chi connectivity index (χ3n) is 4.76. The van der Waals surface area contributed by atoms with Crippen molar-refractivity contribution in [2.45, 2.75) is 38.5 Å². The molecule has 0 aliphatic heterocycles. The summed E-state index contributed by atoms with van der Waals surface area (Å²) < 4.78 is 0. The van der Waals surface area contributed by atoms with Gasteiger partial charge in [-0.2, -0.15) is 0 Å². The molecule has 5 heteroatoms. The number of aliphatic imine (C=N–C) groups is 1. The number of hydrogen-bond acceptors (Lipinski definition) is 3. The lowest BCUT2D eigenvalue weighted by Crippen LogP contribution is -2.41. The van der Waals surface area contributed by atoms with Gasteiger partial charge in [0.05, 0.1) is 10.7 Å². The molecule has 1 aromatic heterocycles. The van der Waals surface area contributed by atoms with Crippen molar-refractivity contribution in [1.29, 1.82) is 0 Å². The van der Waals surface area contributed by atoms with E-state index in [1.807, 2.05) is 7.05 Å². The maximum absolute atomic E-state index is 4.59. The molecule has 1 aliphatic rings. The summed E-state index contributed by atoms with van der Waals surface area (Å²) in [4.78, 5) is 10.2. The first-order valence-electron chi connectivity index (χ1n) is 8.56. The van der Waals surface area contributed by atoms with Crippen molar-refractivity contribution in [3.8, 4) is 0 Å². The maximum Gasteiger partial charge on any atom is 0.191 e. The van der Waals surface area contributed by atoms with Gasteiger partial charge in [0.2, 0.25) is 0 Å². The fraction of sp³-hybridized carbons (Fsp3) is 0.474. The van der Waals surface area contributed by atoms with E-state index < -0.39 is 0 Å². The molecule has 4 nitrogen and oxygen atoms in total. The highest BCUT2D eigenvalue weighted by Crippen LogP contribution is 2.47. The number of thiazole rings is 1. The van der Waals surface area contributed by atoms with Crippen molar-refractivity contribution >= 4 is 17.3 Å². The first kappa shape index (κ1) is 17.0. The summed E-state index contributed by atoms with van der Waals surface area (Å²) in [5, 5.41) is 8.09. The molecule has 1 aliphatic carbocycles. The van der Waals surface area contributed by atoms with Crippen molar-refractivity contribution < 1.29 is 0 Å². The van der Waals surface area contributed by atoms with Crippen LogP contribution < -0.4 is 10.6 Å². The van der Waals surface area contributed by atoms with Crippen molar-refractivity contribution in [2.75, 3.05) is 20.1 Å². The highest BCUT2D eigenvalue weighted by Gasteiger charge is 2.43. The Kier molecular flexibility index (Phi) is 5.19. The summed E-state index contributed by atoms with van der Waals surface area (Å²) in [5.74, 6) is 0.877. The molecule has 128 valence electrons. The Balaban J connectivity index is 1.47. The summed E-state index contributed by atoms with van der Waals surface area (Å²) in [5.41, 5.74) is 2.88. The smallest absolute Gasteiger partial charge is 0.191 e. The quantitative estimate of drug-likeness (QED) is 0.626. The van der Waals surface area contributed by atoms with Crippen LogP contribution in [0.5, 0.6) is 0 Å². The van der Waals surface area contributed by atoms with E-state index in [0.717, 1.165) is 31.2 Å². The Labute approximate surface area is 148 Å². The summed E-state index contributed by atoms with van der Waals surface area (Å²) >= 11 is 1.79. The Bertz CT molecular complexity index is 682. The van der Waals surface area contributed by atoms with Gasteiger partial charge in [-0.1, -0.05) is 30.3 Å². The number of benzene rings is 1. The predicted molar refractivity (Wildman–Crippen MR) is 102 cm³/mol. The second-order valence-corrected chi connectivity index (χ2v) is 7.79. The van der Waals surface area contributed by atoms with Gasteiger partial charge in [-0.05, 0) is 32.3 Å². The monoisotopic (exact) mass is 342 g/mol. The van der Waals surface area contributed by atoms with Crippen LogP contribution >= 0.6 is 11.3 Å². The van der Waals surface area contributed by atoms with Gasteiger partial charge < -0.3 is 10.6 Å². The summed E-state index contributed by atoms with van der Waals surface area (Å²) in [6.45, 7) is 5.99. The van der Waals surface area contributed by atoms with Gasteiger partial charge in [0.25, 0.3) is 0 Å². The summed E-state index contributed by atoms with van der Waals surface area (Å²) in [6, 6.07) is 10.8. The minimum Gasteiger partial charge on any atom is -0.356 e. The second-order valence-electron chi connectivity index (χ2n) is 6.50. The molecule has 1 saturated carbocycles. The Morgan fingerprint density at radius 3 is 2.54 bits per heavy atom. The molecule has 2 N–H and O–H groups in total. The molecule has 3 rings (SSSR count). The number of aryl methyl sites for hydroxylation is 2. The molecule has 0 radical (unpaired) electrons. The highest BCUT2D eigenvalue weighted by molar-refractivity contribution is 7.11. The van der Waals surface area contributed by atoms with Crippen LogP contribution in [-0.2, 0) is 11.8 Å². The van der Waals surface area contributed by atoms with Gasteiger partial charge in [0.1, 0.15) is 0 Å². The number of rotatable bonds is 6. The largest absolute Gasteiger partial charge is 0.356 e. The molecular formula is C19H26N4S. The molecule has 2 aromatic rings. The van der Waals surface area contributed by atoms with E-state index in [9.17, 15) is 0 Å². The molecule has 24 heavy (non-hydrogen) atoms. The zero-order valence-corrected chi connectivity index (χ0v) is 15.5. The maximum atomic E-state index is 4.59. The first-order valence-corrected chi connectivity index (χ1v) is 9.37. The van der Waals surface area contributed by atoms with E-state index in [-0.39, 0.29) is 0 Å². The van der Waals surface area contributed by atoms with E-state index in [1.165, 1.54) is 28.3 Å². The third-order valence-corrected chi connectivity index (χ3v) is 5.89. The fourth-order valence-electron chi connectivity index (χ4n) is 2.92. The fourth-order valence-corrected chi connectivity index (χ4v) is 3.85. The van der Waals surface area contributed by atoms with Gasteiger partial charge in [-0.3, -0.25) is 4.99 Å². The van der Waals surface area contributed by atoms with Crippen molar-refractivity contribution in [1.82, 2.24) is 15.6 Å². The van der Waals surface area contributed by atoms with E-state index in [4.69, 9.17) is 0 Å². The van der Waals surface area contributed by atoms with Crippen LogP contribution in [0.2, 0.25) is 0 Å². The average molecular weight is 343 g/mol. The van der Waals surface area contributed by atoms with Gasteiger partial charge in [-0.25, -0.2) is 4.98 Å². The van der Waals surface area contributed by atoms with Crippen LogP contribution in [0.1, 0.15) is 34.0 Å². The first-order chi connectivity index (χ1) is 11.6. The molecule has 0 atom stereocenters. The van der Waals surface area contributed by atoms with E-state index in [2.05, 4.69) is 64.8 Å². The Morgan fingerprint density at radius 2 is 1.96 bits per heavy atom. The molecule has 1 heterocycles. The molecule has 0 bridgehead atoms. The van der Waals surface area contributed by atoms with Gasteiger partial charge >= 0.3 is 0 Å². The van der Waals surface area contributed by atoms with Crippen LogP contribution in [0.4, 0.5) is 0 Å². The zero-order chi connectivity index (χ0) is 17.0. The SMILES string of the molecule is CN=C(NCCc1nc(C)c(C)s1)NCC1(c2ccccc2)CC1. The Morgan fingerprint density at radius 1 is 1.21 bits per heavy atom. The van der Waals surface area contributed by atoms with Crippen LogP contribution in [0.15, 0.2) is 35.3 Å². The number of nitrogens with zero attached hydrogens (tertiary/aromatic N) is 2. The average Bonchev–Trinajstić information content (AvgIpc) is 3.32. The van der Waals surface area contributed by atoms with Crippen molar-refractivity contribution in [3.63, 3.8) is 0 Å². The number of hydrogen-bond donors (Lipinski definition) is 2. The van der Waals surface area contributed by atoms with E-state index >= 15 is 0 Å².